The number of hydrogen-bond acceptors (Lipinski definition) is 7. The Hall–Kier alpha value is -1.26. The Kier molecular flexibility index (Phi) is 4.89. The van der Waals surface area contributed by atoms with Gasteiger partial charge in [-0.3, -0.25) is 10.1 Å². The molecule has 0 spiro atoms. The van der Waals surface area contributed by atoms with Crippen molar-refractivity contribution in [1.29, 1.82) is 0 Å². The third-order valence-electron chi connectivity index (χ3n) is 2.33. The first-order valence-electron chi connectivity index (χ1n) is 5.28. The van der Waals surface area contributed by atoms with Crippen LogP contribution in [0.4, 0.5) is 10.7 Å². The summed E-state index contributed by atoms with van der Waals surface area (Å²) in [5.74, 6) is 0.477. The van der Waals surface area contributed by atoms with Crippen molar-refractivity contribution in [3.05, 3.63) is 36.9 Å². The van der Waals surface area contributed by atoms with Crippen LogP contribution in [0.25, 0.3) is 0 Å². The third kappa shape index (κ3) is 3.25. The van der Waals surface area contributed by atoms with Crippen molar-refractivity contribution in [1.82, 2.24) is 9.59 Å². The minimum atomic E-state index is -0.469. The zero-order valence-corrected chi connectivity index (χ0v) is 14.1. The number of non-ortho nitro benzene ring substituents is 1. The predicted octanol–water partition coefficient (Wildman–Crippen LogP) is 3.59. The molecule has 0 fully saturated rings. The summed E-state index contributed by atoms with van der Waals surface area (Å²) < 4.78 is 10.4. The topological polar surface area (TPSA) is 90.2 Å². The van der Waals surface area contributed by atoms with E-state index in [-0.39, 0.29) is 12.3 Å². The smallest absolute Gasteiger partial charge is 0.271 e. The molecular formula is C10H8Br2N4O3S. The zero-order valence-electron chi connectivity index (χ0n) is 10.1. The maximum atomic E-state index is 10.7. The molecule has 0 unspecified atom stereocenters. The Balaban J connectivity index is 2.20. The van der Waals surface area contributed by atoms with Gasteiger partial charge in [-0.05, 0) is 31.9 Å². The number of rotatable bonds is 5. The van der Waals surface area contributed by atoms with Crippen LogP contribution >= 0.6 is 43.4 Å². The van der Waals surface area contributed by atoms with Gasteiger partial charge in [0.1, 0.15) is 23.1 Å². The number of nitro benzene ring substituents is 1. The van der Waals surface area contributed by atoms with E-state index >= 15 is 0 Å². The molecular weight excluding hydrogens is 416 g/mol. The van der Waals surface area contributed by atoms with Gasteiger partial charge in [0.05, 0.1) is 13.9 Å². The Bertz CT molecular complexity index is 626. The fraction of sp³-hybridized carbons (Fsp3) is 0.200. The van der Waals surface area contributed by atoms with Gasteiger partial charge >= 0.3 is 0 Å². The summed E-state index contributed by atoms with van der Waals surface area (Å²) in [5.41, 5.74) is 0.650. The first-order chi connectivity index (χ1) is 9.52. The van der Waals surface area contributed by atoms with Gasteiger partial charge in [0, 0.05) is 30.7 Å². The Labute approximate surface area is 134 Å². The van der Waals surface area contributed by atoms with E-state index in [0.29, 0.717) is 20.4 Å². The molecule has 2 aromatic rings. The molecule has 1 aromatic heterocycles. The van der Waals surface area contributed by atoms with Gasteiger partial charge in [-0.2, -0.15) is 0 Å². The van der Waals surface area contributed by atoms with Crippen LogP contribution in [0.5, 0.6) is 5.75 Å². The van der Waals surface area contributed by atoms with Gasteiger partial charge in [-0.1, -0.05) is 4.49 Å². The van der Waals surface area contributed by atoms with E-state index in [1.807, 2.05) is 0 Å². The molecule has 7 nitrogen and oxygen atoms in total. The van der Waals surface area contributed by atoms with Gasteiger partial charge in [0.15, 0.2) is 0 Å². The lowest BCUT2D eigenvalue weighted by molar-refractivity contribution is -0.385. The third-order valence-corrected chi connectivity index (χ3v) is 4.29. The summed E-state index contributed by atoms with van der Waals surface area (Å²) in [6, 6.07) is 2.77. The van der Waals surface area contributed by atoms with E-state index in [2.05, 4.69) is 46.8 Å². The number of nitro groups is 1. The summed E-state index contributed by atoms with van der Waals surface area (Å²) in [5, 5.41) is 18.5. The molecule has 0 saturated carbocycles. The zero-order chi connectivity index (χ0) is 14.7. The lowest BCUT2D eigenvalue weighted by Gasteiger charge is -2.09. The Morgan fingerprint density at radius 2 is 2.10 bits per heavy atom. The average molecular weight is 424 g/mol. The second kappa shape index (κ2) is 6.46. The van der Waals surface area contributed by atoms with Crippen molar-refractivity contribution in [3.63, 3.8) is 0 Å². The highest BCUT2D eigenvalue weighted by atomic mass is 79.9. The molecule has 0 amide bonds. The lowest BCUT2D eigenvalue weighted by Crippen LogP contribution is -2.01. The summed E-state index contributed by atoms with van der Waals surface area (Å²) in [6.07, 6.45) is 0. The van der Waals surface area contributed by atoms with Crippen LogP contribution in [0.3, 0.4) is 0 Å². The molecule has 1 aromatic carbocycles. The molecule has 0 saturated heterocycles. The number of benzene rings is 1. The summed E-state index contributed by atoms with van der Waals surface area (Å²) in [7, 11) is 1.77. The fourth-order valence-corrected chi connectivity index (χ4v) is 3.33. The molecule has 10 heteroatoms. The van der Waals surface area contributed by atoms with Gasteiger partial charge < -0.3 is 10.1 Å². The first kappa shape index (κ1) is 15.1. The predicted molar refractivity (Wildman–Crippen MR) is 82.3 cm³/mol. The van der Waals surface area contributed by atoms with Crippen molar-refractivity contribution in [2.24, 2.45) is 0 Å². The van der Waals surface area contributed by atoms with E-state index < -0.39 is 4.92 Å². The normalized spacial score (nSPS) is 10.3. The van der Waals surface area contributed by atoms with Crippen molar-refractivity contribution >= 4 is 54.1 Å². The maximum Gasteiger partial charge on any atom is 0.271 e. The minimum Gasteiger partial charge on any atom is -0.485 e. The molecule has 0 radical (unpaired) electrons. The average Bonchev–Trinajstić information content (AvgIpc) is 2.84. The van der Waals surface area contributed by atoms with Gasteiger partial charge in [0.25, 0.3) is 5.69 Å². The van der Waals surface area contributed by atoms with Gasteiger partial charge in [-0.15, -0.1) is 5.10 Å². The fourth-order valence-electron chi connectivity index (χ4n) is 1.42. The highest BCUT2D eigenvalue weighted by molar-refractivity contribution is 9.11. The molecule has 0 aliphatic rings. The van der Waals surface area contributed by atoms with Crippen LogP contribution in [0.1, 0.15) is 5.69 Å². The molecule has 106 valence electrons. The largest absolute Gasteiger partial charge is 0.485 e. The SMILES string of the molecule is CNc1snnc1COc1c(Br)cc([N+](=O)[O-])cc1Br. The standard InChI is InChI=1S/C10H8Br2N4O3S/c1-13-10-8(14-15-20-10)4-19-9-6(11)2-5(16(17)18)3-7(9)12/h2-3,13H,4H2,1H3. The summed E-state index contributed by atoms with van der Waals surface area (Å²) in [4.78, 5) is 10.3. The number of nitrogens with one attached hydrogen (secondary N) is 1. The van der Waals surface area contributed by atoms with Gasteiger partial charge in [-0.25, -0.2) is 0 Å². The monoisotopic (exact) mass is 422 g/mol. The number of nitrogens with zero attached hydrogens (tertiary/aromatic N) is 3. The highest BCUT2D eigenvalue weighted by Gasteiger charge is 2.16. The Morgan fingerprint density at radius 1 is 1.45 bits per heavy atom. The molecule has 1 heterocycles. The lowest BCUT2D eigenvalue weighted by atomic mass is 10.3. The number of ether oxygens (including phenoxy) is 1. The minimum absolute atomic E-state index is 0.0256. The van der Waals surface area contributed by atoms with Crippen molar-refractivity contribution in [3.8, 4) is 5.75 Å². The van der Waals surface area contributed by atoms with E-state index in [1.54, 1.807) is 7.05 Å². The number of hydrogen-bond donors (Lipinski definition) is 1. The van der Waals surface area contributed by atoms with Crippen LogP contribution in [-0.4, -0.2) is 21.6 Å². The highest BCUT2D eigenvalue weighted by Crippen LogP contribution is 2.37. The molecule has 0 aliphatic carbocycles. The molecule has 0 aliphatic heterocycles. The van der Waals surface area contributed by atoms with Crippen molar-refractivity contribution in [2.45, 2.75) is 6.61 Å². The molecule has 20 heavy (non-hydrogen) atoms. The van der Waals surface area contributed by atoms with E-state index in [4.69, 9.17) is 4.74 Å². The van der Waals surface area contributed by atoms with E-state index in [1.165, 1.54) is 23.7 Å². The summed E-state index contributed by atoms with van der Waals surface area (Å²) in [6.45, 7) is 0.210. The Morgan fingerprint density at radius 3 is 2.65 bits per heavy atom. The van der Waals surface area contributed by atoms with Gasteiger partial charge in [0.2, 0.25) is 0 Å². The van der Waals surface area contributed by atoms with Crippen LogP contribution in [0, 0.1) is 10.1 Å². The van der Waals surface area contributed by atoms with Crippen LogP contribution in [0.15, 0.2) is 21.1 Å². The number of aromatic nitrogens is 2. The van der Waals surface area contributed by atoms with Crippen LogP contribution in [-0.2, 0) is 6.61 Å². The van der Waals surface area contributed by atoms with E-state index in [9.17, 15) is 10.1 Å². The number of halogens is 2. The number of anilines is 1. The van der Waals surface area contributed by atoms with Crippen molar-refractivity contribution in [2.75, 3.05) is 12.4 Å². The summed E-state index contributed by atoms with van der Waals surface area (Å²) >= 11 is 7.75. The second-order valence-corrected chi connectivity index (χ2v) is 6.05. The molecule has 2 rings (SSSR count). The molecule has 0 bridgehead atoms. The van der Waals surface area contributed by atoms with Crippen LogP contribution < -0.4 is 10.1 Å². The van der Waals surface area contributed by atoms with E-state index in [0.717, 1.165) is 5.00 Å². The molecule has 0 atom stereocenters. The second-order valence-electron chi connectivity index (χ2n) is 3.58. The first-order valence-corrected chi connectivity index (χ1v) is 7.64. The van der Waals surface area contributed by atoms with Crippen LogP contribution in [0.2, 0.25) is 0 Å². The maximum absolute atomic E-state index is 10.7. The molecule has 1 N–H and O–H groups in total. The quantitative estimate of drug-likeness (QED) is 0.583. The van der Waals surface area contributed by atoms with Crippen molar-refractivity contribution < 1.29 is 9.66 Å².